The molecule has 198 valence electrons. The molecule has 1 fully saturated rings. The van der Waals surface area contributed by atoms with Gasteiger partial charge in [-0.25, -0.2) is 19.2 Å². The molecular weight excluding hydrogens is 501 g/mol. The average molecular weight is 528 g/mol. The molecule has 1 aromatic carbocycles. The summed E-state index contributed by atoms with van der Waals surface area (Å²) >= 11 is 0. The van der Waals surface area contributed by atoms with Crippen molar-refractivity contribution in [1.82, 2.24) is 45.5 Å². The van der Waals surface area contributed by atoms with E-state index in [2.05, 4.69) is 36.9 Å². The fraction of sp³-hybridized carbons (Fsp3) is 0.259. The van der Waals surface area contributed by atoms with Gasteiger partial charge in [0.15, 0.2) is 6.23 Å². The summed E-state index contributed by atoms with van der Waals surface area (Å²) in [5.74, 6) is 0.275. The van der Waals surface area contributed by atoms with E-state index in [0.717, 1.165) is 27.7 Å². The number of aromatic nitrogens is 6. The molecule has 5 aromatic rings. The summed E-state index contributed by atoms with van der Waals surface area (Å²) in [4.78, 5) is 28.5. The number of rotatable bonds is 5. The number of ether oxygens (including phenoxy) is 1. The number of fused-ring (bicyclic) bond motifs is 3. The Kier molecular flexibility index (Phi) is 5.28. The molecule has 6 heterocycles. The number of cyclic esters (lactones) is 1. The summed E-state index contributed by atoms with van der Waals surface area (Å²) in [6.07, 6.45) is 6.00. The van der Waals surface area contributed by atoms with Crippen LogP contribution in [0.15, 0.2) is 61.2 Å². The number of aromatic amines is 2. The molecule has 0 saturated carbocycles. The lowest BCUT2D eigenvalue weighted by atomic mass is 9.78. The molecule has 1 saturated heterocycles. The maximum absolute atomic E-state index is 13.5. The van der Waals surface area contributed by atoms with Gasteiger partial charge in [-0.3, -0.25) is 15.0 Å². The first kappa shape index (κ1) is 23.6. The molecule has 1 amide bonds. The average Bonchev–Trinajstić information content (AvgIpc) is 3.75. The number of aryl methyl sites for hydroxylation is 1. The summed E-state index contributed by atoms with van der Waals surface area (Å²) in [5, 5.41) is 10.8. The molecule has 0 radical (unpaired) electrons. The number of H-pyrrole nitrogens is 2. The molecule has 12 heteroatoms. The van der Waals surface area contributed by atoms with Crippen LogP contribution >= 0.6 is 0 Å². The van der Waals surface area contributed by atoms with Gasteiger partial charge in [0.2, 0.25) is 0 Å². The van der Waals surface area contributed by atoms with Crippen molar-refractivity contribution >= 4 is 17.0 Å². The highest BCUT2D eigenvalue weighted by Crippen LogP contribution is 2.45. The van der Waals surface area contributed by atoms with Gasteiger partial charge in [-0.15, -0.1) is 0 Å². The highest BCUT2D eigenvalue weighted by Gasteiger charge is 2.55. The number of carbonyl (C=O) groups is 1. The third kappa shape index (κ3) is 3.63. The first-order valence-electron chi connectivity index (χ1n) is 12.7. The Labute approximate surface area is 222 Å². The topological polar surface area (TPSA) is 129 Å². The summed E-state index contributed by atoms with van der Waals surface area (Å²) < 4.78 is 21.2. The predicted octanol–water partition coefficient (Wildman–Crippen LogP) is 3.35. The molecule has 0 spiro atoms. The summed E-state index contributed by atoms with van der Waals surface area (Å²) in [7, 11) is 1.63. The van der Waals surface area contributed by atoms with E-state index in [4.69, 9.17) is 9.72 Å². The second kappa shape index (κ2) is 8.75. The number of halogens is 1. The lowest BCUT2D eigenvalue weighted by Gasteiger charge is -2.43. The van der Waals surface area contributed by atoms with Gasteiger partial charge in [0.1, 0.15) is 17.2 Å². The van der Waals surface area contributed by atoms with Crippen molar-refractivity contribution < 1.29 is 13.9 Å². The van der Waals surface area contributed by atoms with Crippen molar-refractivity contribution in [2.75, 3.05) is 7.05 Å². The Morgan fingerprint density at radius 2 is 2.00 bits per heavy atom. The number of hydrogen-bond acceptors (Lipinski definition) is 7. The number of carbonyl (C=O) groups excluding carboxylic acids is 1. The first-order chi connectivity index (χ1) is 19.0. The second-order valence-electron chi connectivity index (χ2n) is 9.81. The molecule has 39 heavy (non-hydrogen) atoms. The maximum Gasteiger partial charge on any atom is 0.425 e. The smallest absolute Gasteiger partial charge is 0.425 e. The fourth-order valence-corrected chi connectivity index (χ4v) is 5.64. The Balaban J connectivity index is 1.41. The van der Waals surface area contributed by atoms with E-state index in [1.165, 1.54) is 17.3 Å². The molecule has 3 atom stereocenters. The monoisotopic (exact) mass is 527 g/mol. The fourth-order valence-electron chi connectivity index (χ4n) is 5.64. The Morgan fingerprint density at radius 3 is 2.74 bits per heavy atom. The number of hydrogen-bond donors (Lipinski definition) is 4. The highest BCUT2D eigenvalue weighted by molar-refractivity contribution is 5.86. The van der Waals surface area contributed by atoms with Crippen molar-refractivity contribution in [3.8, 4) is 11.4 Å². The molecule has 11 nitrogen and oxygen atoms in total. The summed E-state index contributed by atoms with van der Waals surface area (Å²) in [6.45, 7) is 2.70. The van der Waals surface area contributed by atoms with Crippen LogP contribution in [-0.4, -0.2) is 54.1 Å². The van der Waals surface area contributed by atoms with Crippen LogP contribution in [0.4, 0.5) is 9.18 Å². The van der Waals surface area contributed by atoms with Crippen LogP contribution in [0, 0.1) is 5.82 Å². The quantitative estimate of drug-likeness (QED) is 0.276. The van der Waals surface area contributed by atoms with Gasteiger partial charge in [-0.1, -0.05) is 18.2 Å². The van der Waals surface area contributed by atoms with Crippen LogP contribution in [0.1, 0.15) is 35.6 Å². The third-order valence-electron chi connectivity index (χ3n) is 7.56. The van der Waals surface area contributed by atoms with Crippen LogP contribution in [-0.2, 0) is 23.2 Å². The van der Waals surface area contributed by atoms with E-state index < -0.39 is 23.7 Å². The van der Waals surface area contributed by atoms with E-state index in [0.29, 0.717) is 30.2 Å². The predicted molar refractivity (Wildman–Crippen MR) is 140 cm³/mol. The zero-order valence-corrected chi connectivity index (χ0v) is 21.3. The number of imidazole rings is 1. The lowest BCUT2D eigenvalue weighted by molar-refractivity contribution is 0.0517. The molecule has 0 aliphatic carbocycles. The minimum Gasteiger partial charge on any atom is -0.425 e. The van der Waals surface area contributed by atoms with Crippen molar-refractivity contribution in [3.63, 3.8) is 0 Å². The second-order valence-corrected chi connectivity index (χ2v) is 9.81. The van der Waals surface area contributed by atoms with Crippen LogP contribution < -0.4 is 10.7 Å². The molecule has 7 rings (SSSR count). The van der Waals surface area contributed by atoms with Crippen LogP contribution in [0.3, 0.4) is 0 Å². The molecule has 4 N–H and O–H groups in total. The molecule has 2 aliphatic heterocycles. The largest absolute Gasteiger partial charge is 0.425 e. The maximum atomic E-state index is 13.5. The standard InChI is InChI=1S/C27H26FN9O2/c1-3-37-14-15(11-31-37)27(25-35-36(2)26(38)39-25)23-18(17-6-4-5-7-19(17)32-23)10-21(34-27)24-30-13-22(33-24)20-9-8-16(28)12-29-20/h4-9,11-14,21,25,32,34-35H,3,10H2,1-2H3,(H,30,33). The van der Waals surface area contributed by atoms with E-state index >= 15 is 0 Å². The van der Waals surface area contributed by atoms with E-state index in [1.807, 2.05) is 36.0 Å². The first-order valence-corrected chi connectivity index (χ1v) is 12.7. The lowest BCUT2D eigenvalue weighted by Crippen LogP contribution is -2.61. The SMILES string of the molecule is CCn1cc(C2(C3NN(C)C(=O)O3)NC(c3ncc(-c4ccc(F)cn4)[nH]3)Cc3c2[nH]c2ccccc32)cn1. The van der Waals surface area contributed by atoms with Gasteiger partial charge in [-0.2, -0.15) is 10.5 Å². The third-order valence-corrected chi connectivity index (χ3v) is 7.56. The number of benzene rings is 1. The normalized spacial score (nSPS) is 22.8. The molecule has 0 bridgehead atoms. The Bertz CT molecular complexity index is 1690. The zero-order valence-electron chi connectivity index (χ0n) is 21.3. The zero-order chi connectivity index (χ0) is 26.7. The number of amides is 1. The Hall–Kier alpha value is -4.55. The van der Waals surface area contributed by atoms with Crippen molar-refractivity contribution in [3.05, 3.63) is 89.6 Å². The molecule has 2 aliphatic rings. The summed E-state index contributed by atoms with van der Waals surface area (Å²) in [5.41, 5.74) is 7.21. The van der Waals surface area contributed by atoms with E-state index in [9.17, 15) is 9.18 Å². The van der Waals surface area contributed by atoms with Crippen LogP contribution in [0.25, 0.3) is 22.3 Å². The number of hydrazine groups is 1. The van der Waals surface area contributed by atoms with Crippen molar-refractivity contribution in [1.29, 1.82) is 0 Å². The van der Waals surface area contributed by atoms with Crippen molar-refractivity contribution in [2.45, 2.75) is 37.7 Å². The van der Waals surface area contributed by atoms with Gasteiger partial charge in [-0.05, 0) is 37.1 Å². The number of pyridine rings is 1. The van der Waals surface area contributed by atoms with Crippen LogP contribution in [0.5, 0.6) is 0 Å². The minimum atomic E-state index is -1.04. The Morgan fingerprint density at radius 1 is 1.13 bits per heavy atom. The van der Waals surface area contributed by atoms with E-state index in [-0.39, 0.29) is 6.04 Å². The molecule has 4 aromatic heterocycles. The number of nitrogens with zero attached hydrogens (tertiary/aromatic N) is 5. The van der Waals surface area contributed by atoms with Gasteiger partial charge in [0, 0.05) is 41.9 Å². The number of para-hydroxylation sites is 1. The summed E-state index contributed by atoms with van der Waals surface area (Å²) in [6, 6.07) is 10.8. The highest BCUT2D eigenvalue weighted by atomic mass is 19.1. The van der Waals surface area contributed by atoms with Gasteiger partial charge in [0.05, 0.1) is 36.0 Å². The van der Waals surface area contributed by atoms with Gasteiger partial charge < -0.3 is 14.7 Å². The molecular formula is C27H26FN9O2. The van der Waals surface area contributed by atoms with Crippen molar-refractivity contribution in [2.24, 2.45) is 0 Å². The van der Waals surface area contributed by atoms with E-state index in [1.54, 1.807) is 25.5 Å². The van der Waals surface area contributed by atoms with Crippen LogP contribution in [0.2, 0.25) is 0 Å². The number of nitrogens with one attached hydrogen (secondary N) is 4. The van der Waals surface area contributed by atoms with Gasteiger partial charge in [0.25, 0.3) is 0 Å². The molecule has 3 unspecified atom stereocenters. The minimum absolute atomic E-state index is 0.303. The van der Waals surface area contributed by atoms with Gasteiger partial charge >= 0.3 is 6.09 Å².